The van der Waals surface area contributed by atoms with Crippen LogP contribution in [0.25, 0.3) is 0 Å². The molecule has 2 aromatic rings. The summed E-state index contributed by atoms with van der Waals surface area (Å²) >= 11 is 7.20. The zero-order valence-electron chi connectivity index (χ0n) is 11.8. The molecule has 1 aromatic carbocycles. The zero-order chi connectivity index (χ0) is 15.2. The van der Waals surface area contributed by atoms with E-state index in [0.717, 1.165) is 13.0 Å². The van der Waals surface area contributed by atoms with Gasteiger partial charge in [-0.25, -0.2) is 14.4 Å². The average molecular weight is 327 g/mol. The minimum atomic E-state index is -0.494. The van der Waals surface area contributed by atoms with Gasteiger partial charge in [0, 0.05) is 12.6 Å². The van der Waals surface area contributed by atoms with E-state index in [0.29, 0.717) is 16.8 Å². The van der Waals surface area contributed by atoms with Crippen LogP contribution in [0.1, 0.15) is 13.3 Å². The topological polar surface area (TPSA) is 49.8 Å². The lowest BCUT2D eigenvalue weighted by Crippen LogP contribution is -2.05. The SMILES string of the molecule is CCCNc1cc(Nc2cccc(Cl)c2F)nc(SC)n1. The summed E-state index contributed by atoms with van der Waals surface area (Å²) in [6, 6.07) is 6.54. The van der Waals surface area contributed by atoms with Crippen LogP contribution < -0.4 is 10.6 Å². The summed E-state index contributed by atoms with van der Waals surface area (Å²) in [7, 11) is 0. The molecule has 1 heterocycles. The summed E-state index contributed by atoms with van der Waals surface area (Å²) in [4.78, 5) is 8.67. The molecule has 0 radical (unpaired) electrons. The van der Waals surface area contributed by atoms with Gasteiger partial charge < -0.3 is 10.6 Å². The molecule has 0 aliphatic rings. The van der Waals surface area contributed by atoms with Gasteiger partial charge in [-0.1, -0.05) is 36.4 Å². The number of rotatable bonds is 6. The quantitative estimate of drug-likeness (QED) is 0.602. The van der Waals surface area contributed by atoms with Crippen molar-refractivity contribution in [3.8, 4) is 0 Å². The van der Waals surface area contributed by atoms with Crippen LogP contribution in [-0.2, 0) is 0 Å². The fraction of sp³-hybridized carbons (Fsp3) is 0.286. The largest absolute Gasteiger partial charge is 0.370 e. The molecular formula is C14H16ClFN4S. The van der Waals surface area contributed by atoms with E-state index >= 15 is 0 Å². The lowest BCUT2D eigenvalue weighted by atomic mass is 10.3. The minimum absolute atomic E-state index is 0.0727. The number of aromatic nitrogens is 2. The molecule has 1 aromatic heterocycles. The third-order valence-electron chi connectivity index (χ3n) is 2.66. The van der Waals surface area contributed by atoms with E-state index in [9.17, 15) is 4.39 Å². The Bertz CT molecular complexity index is 624. The molecule has 21 heavy (non-hydrogen) atoms. The Labute approximate surface area is 132 Å². The molecule has 0 fully saturated rings. The van der Waals surface area contributed by atoms with Gasteiger partial charge in [-0.05, 0) is 24.8 Å². The predicted molar refractivity (Wildman–Crippen MR) is 87.3 cm³/mol. The zero-order valence-corrected chi connectivity index (χ0v) is 13.4. The number of nitrogens with one attached hydrogen (secondary N) is 2. The first kappa shape index (κ1) is 15.9. The fourth-order valence-electron chi connectivity index (χ4n) is 1.66. The third-order valence-corrected chi connectivity index (χ3v) is 3.50. The number of benzene rings is 1. The van der Waals surface area contributed by atoms with Crippen LogP contribution in [0.3, 0.4) is 0 Å². The molecule has 0 atom stereocenters. The summed E-state index contributed by atoms with van der Waals surface area (Å²) < 4.78 is 13.9. The number of hydrogen-bond acceptors (Lipinski definition) is 5. The summed E-state index contributed by atoms with van der Waals surface area (Å²) in [6.07, 6.45) is 2.88. The molecule has 7 heteroatoms. The Hall–Kier alpha value is -1.53. The molecule has 0 amide bonds. The molecule has 0 saturated carbocycles. The van der Waals surface area contributed by atoms with Gasteiger partial charge in [0.15, 0.2) is 11.0 Å². The van der Waals surface area contributed by atoms with Crippen molar-refractivity contribution in [2.75, 3.05) is 23.4 Å². The molecule has 4 nitrogen and oxygen atoms in total. The van der Waals surface area contributed by atoms with Gasteiger partial charge in [0.2, 0.25) is 0 Å². The highest BCUT2D eigenvalue weighted by molar-refractivity contribution is 7.98. The Morgan fingerprint density at radius 3 is 2.76 bits per heavy atom. The van der Waals surface area contributed by atoms with Gasteiger partial charge in [-0.15, -0.1) is 0 Å². The highest BCUT2D eigenvalue weighted by atomic mass is 35.5. The molecule has 0 saturated heterocycles. The summed E-state index contributed by atoms with van der Waals surface area (Å²) in [5.74, 6) is 0.738. The number of hydrogen-bond donors (Lipinski definition) is 2. The van der Waals surface area contributed by atoms with Gasteiger partial charge in [0.25, 0.3) is 0 Å². The van der Waals surface area contributed by atoms with Crippen molar-refractivity contribution >= 4 is 40.7 Å². The van der Waals surface area contributed by atoms with E-state index in [2.05, 4.69) is 27.5 Å². The smallest absolute Gasteiger partial charge is 0.191 e. The second-order valence-electron chi connectivity index (χ2n) is 4.28. The second kappa shape index (κ2) is 7.47. The highest BCUT2D eigenvalue weighted by Crippen LogP contribution is 2.26. The molecule has 0 spiro atoms. The van der Waals surface area contributed by atoms with Crippen molar-refractivity contribution in [3.63, 3.8) is 0 Å². The van der Waals surface area contributed by atoms with Gasteiger partial charge in [-0.3, -0.25) is 0 Å². The Kier molecular flexibility index (Phi) is 5.64. The summed E-state index contributed by atoms with van der Waals surface area (Å²) in [6.45, 7) is 2.89. The maximum Gasteiger partial charge on any atom is 0.191 e. The predicted octanol–water partition coefficient (Wildman–Crippen LogP) is 4.56. The van der Waals surface area contributed by atoms with Crippen molar-refractivity contribution in [3.05, 3.63) is 35.1 Å². The van der Waals surface area contributed by atoms with Crippen molar-refractivity contribution in [2.45, 2.75) is 18.5 Å². The van der Waals surface area contributed by atoms with E-state index in [1.54, 1.807) is 18.2 Å². The number of thioether (sulfide) groups is 1. The number of anilines is 3. The van der Waals surface area contributed by atoms with Gasteiger partial charge in [-0.2, -0.15) is 0 Å². The normalized spacial score (nSPS) is 10.5. The molecule has 0 bridgehead atoms. The van der Waals surface area contributed by atoms with E-state index in [-0.39, 0.29) is 10.7 Å². The lowest BCUT2D eigenvalue weighted by Gasteiger charge is -2.11. The van der Waals surface area contributed by atoms with Gasteiger partial charge >= 0.3 is 0 Å². The van der Waals surface area contributed by atoms with Crippen LogP contribution in [0.5, 0.6) is 0 Å². The van der Waals surface area contributed by atoms with Crippen LogP contribution in [0.4, 0.5) is 21.7 Å². The van der Waals surface area contributed by atoms with Crippen molar-refractivity contribution in [2.24, 2.45) is 0 Å². The molecule has 0 aliphatic heterocycles. The molecule has 112 valence electrons. The van der Waals surface area contributed by atoms with E-state index in [1.807, 2.05) is 6.26 Å². The van der Waals surface area contributed by atoms with Crippen LogP contribution in [0, 0.1) is 5.82 Å². The van der Waals surface area contributed by atoms with Crippen molar-refractivity contribution < 1.29 is 4.39 Å². The van der Waals surface area contributed by atoms with Crippen LogP contribution >= 0.6 is 23.4 Å². The monoisotopic (exact) mass is 326 g/mol. The first-order chi connectivity index (χ1) is 10.1. The van der Waals surface area contributed by atoms with Crippen LogP contribution in [0.2, 0.25) is 5.02 Å². The van der Waals surface area contributed by atoms with E-state index in [1.165, 1.54) is 17.8 Å². The van der Waals surface area contributed by atoms with Crippen LogP contribution in [0.15, 0.2) is 29.4 Å². The van der Waals surface area contributed by atoms with Crippen LogP contribution in [-0.4, -0.2) is 22.8 Å². The number of nitrogens with zero attached hydrogens (tertiary/aromatic N) is 2. The lowest BCUT2D eigenvalue weighted by molar-refractivity contribution is 0.632. The Morgan fingerprint density at radius 2 is 2.05 bits per heavy atom. The third kappa shape index (κ3) is 4.22. The van der Waals surface area contributed by atoms with Gasteiger partial charge in [0.05, 0.1) is 10.7 Å². The molecule has 0 aliphatic carbocycles. The minimum Gasteiger partial charge on any atom is -0.370 e. The maximum atomic E-state index is 13.9. The van der Waals surface area contributed by atoms with E-state index < -0.39 is 5.82 Å². The summed E-state index contributed by atoms with van der Waals surface area (Å²) in [5, 5.41) is 6.82. The second-order valence-corrected chi connectivity index (χ2v) is 5.46. The van der Waals surface area contributed by atoms with Crippen molar-refractivity contribution in [1.82, 2.24) is 9.97 Å². The Balaban J connectivity index is 2.28. The average Bonchev–Trinajstić information content (AvgIpc) is 2.49. The molecule has 2 rings (SSSR count). The van der Waals surface area contributed by atoms with E-state index in [4.69, 9.17) is 11.6 Å². The number of halogens is 2. The van der Waals surface area contributed by atoms with Gasteiger partial charge in [0.1, 0.15) is 11.6 Å². The standard InChI is InChI=1S/C14H16ClFN4S/c1-3-7-17-11-8-12(20-14(19-11)21-2)18-10-6-4-5-9(15)13(10)16/h4-6,8H,3,7H2,1-2H3,(H2,17,18,19,20). The Morgan fingerprint density at radius 1 is 1.29 bits per heavy atom. The fourth-order valence-corrected chi connectivity index (χ4v) is 2.22. The molecule has 2 N–H and O–H groups in total. The first-order valence-electron chi connectivity index (χ1n) is 6.52. The molecular weight excluding hydrogens is 311 g/mol. The molecule has 0 unspecified atom stereocenters. The maximum absolute atomic E-state index is 13.9. The highest BCUT2D eigenvalue weighted by Gasteiger charge is 2.09. The van der Waals surface area contributed by atoms with Crippen molar-refractivity contribution in [1.29, 1.82) is 0 Å². The summed E-state index contributed by atoms with van der Waals surface area (Å²) in [5.41, 5.74) is 0.287. The first-order valence-corrected chi connectivity index (χ1v) is 8.12.